The van der Waals surface area contributed by atoms with Crippen LogP contribution in [0.15, 0.2) is 71.6 Å². The number of rotatable bonds is 10. The molecule has 1 N–H and O–H groups in total. The summed E-state index contributed by atoms with van der Waals surface area (Å²) in [6.45, 7) is 2.80. The third kappa shape index (κ3) is 7.78. The predicted molar refractivity (Wildman–Crippen MR) is 169 cm³/mol. The lowest BCUT2D eigenvalue weighted by atomic mass is 9.95. The van der Waals surface area contributed by atoms with Crippen LogP contribution in [0.1, 0.15) is 50.2 Å². The molecule has 0 radical (unpaired) electrons. The zero-order chi connectivity index (χ0) is 30.4. The molecule has 1 atom stereocenters. The lowest BCUT2D eigenvalue weighted by Gasteiger charge is -2.33. The molecule has 224 valence electrons. The van der Waals surface area contributed by atoms with E-state index in [0.717, 1.165) is 42.0 Å². The maximum absolute atomic E-state index is 14.1. The molecule has 4 rings (SSSR count). The van der Waals surface area contributed by atoms with Crippen molar-refractivity contribution in [3.63, 3.8) is 0 Å². The molecule has 1 fully saturated rings. The van der Waals surface area contributed by atoms with Gasteiger partial charge < -0.3 is 10.2 Å². The van der Waals surface area contributed by atoms with E-state index >= 15 is 0 Å². The molecule has 0 spiro atoms. The summed E-state index contributed by atoms with van der Waals surface area (Å²) < 4.78 is 28.9. The van der Waals surface area contributed by atoms with Crippen LogP contribution in [0.5, 0.6) is 0 Å². The Morgan fingerprint density at radius 2 is 1.55 bits per heavy atom. The third-order valence-corrected chi connectivity index (χ3v) is 10.2. The minimum absolute atomic E-state index is 0.0182. The molecule has 2 amide bonds. The van der Waals surface area contributed by atoms with Gasteiger partial charge in [0.2, 0.25) is 11.8 Å². The second-order valence-corrected chi connectivity index (χ2v) is 13.7. The van der Waals surface area contributed by atoms with Crippen molar-refractivity contribution in [2.75, 3.05) is 10.8 Å². The Bertz CT molecular complexity index is 1510. The van der Waals surface area contributed by atoms with E-state index < -0.39 is 28.5 Å². The molecular formula is C31H34Cl3N3O4S. The largest absolute Gasteiger partial charge is 0.352 e. The summed E-state index contributed by atoms with van der Waals surface area (Å²) in [7, 11) is -4.20. The molecule has 0 saturated heterocycles. The average molecular weight is 651 g/mol. The van der Waals surface area contributed by atoms with E-state index in [1.807, 2.05) is 6.92 Å². The van der Waals surface area contributed by atoms with Crippen LogP contribution < -0.4 is 9.62 Å². The van der Waals surface area contributed by atoms with Crippen molar-refractivity contribution < 1.29 is 18.0 Å². The van der Waals surface area contributed by atoms with Crippen molar-refractivity contribution in [2.24, 2.45) is 0 Å². The molecule has 0 aliphatic heterocycles. The minimum Gasteiger partial charge on any atom is -0.352 e. The monoisotopic (exact) mass is 649 g/mol. The van der Waals surface area contributed by atoms with Crippen molar-refractivity contribution in [3.05, 3.63) is 92.9 Å². The van der Waals surface area contributed by atoms with Gasteiger partial charge in [-0.05, 0) is 69.2 Å². The van der Waals surface area contributed by atoms with Crippen LogP contribution in [0, 0.1) is 6.92 Å². The standard InChI is InChI=1S/C31H34Cl3N3O4S/c1-21-14-16-26(17-15-21)42(40,41)37(25-11-6-8-23(32)18-25)20-30(38)36(19-27-28(33)12-7-13-29(27)34)22(2)31(39)35-24-9-4-3-5-10-24/h6-8,11-18,22,24H,3-5,9-10,19-20H2,1-2H3,(H,35,39)/t22-/m0/s1. The molecule has 0 bridgehead atoms. The van der Waals surface area contributed by atoms with E-state index in [1.165, 1.54) is 23.1 Å². The van der Waals surface area contributed by atoms with Gasteiger partial charge in [0.25, 0.3) is 10.0 Å². The summed E-state index contributed by atoms with van der Waals surface area (Å²) in [6.07, 6.45) is 4.94. The number of nitrogens with one attached hydrogen (secondary N) is 1. The Labute approximate surface area is 262 Å². The molecule has 3 aromatic carbocycles. The van der Waals surface area contributed by atoms with Gasteiger partial charge in [-0.1, -0.05) is 83.9 Å². The number of hydrogen-bond acceptors (Lipinski definition) is 4. The fourth-order valence-corrected chi connectivity index (χ4v) is 7.11. The van der Waals surface area contributed by atoms with Crippen molar-refractivity contribution in [1.29, 1.82) is 0 Å². The first-order valence-electron chi connectivity index (χ1n) is 13.8. The van der Waals surface area contributed by atoms with E-state index in [9.17, 15) is 18.0 Å². The SMILES string of the molecule is Cc1ccc(S(=O)(=O)N(CC(=O)N(Cc2c(Cl)cccc2Cl)[C@@H](C)C(=O)NC2CCCCC2)c2cccc(Cl)c2)cc1. The number of anilines is 1. The van der Waals surface area contributed by atoms with Gasteiger partial charge in [0.15, 0.2) is 0 Å². The summed E-state index contributed by atoms with van der Waals surface area (Å²) in [5.41, 5.74) is 1.56. The molecule has 3 aromatic rings. The Morgan fingerprint density at radius 3 is 2.17 bits per heavy atom. The van der Waals surface area contributed by atoms with E-state index in [4.69, 9.17) is 34.8 Å². The van der Waals surface area contributed by atoms with Crippen molar-refractivity contribution in [3.8, 4) is 0 Å². The average Bonchev–Trinajstić information content (AvgIpc) is 2.96. The first-order valence-corrected chi connectivity index (χ1v) is 16.4. The van der Waals surface area contributed by atoms with Crippen LogP contribution >= 0.6 is 34.8 Å². The smallest absolute Gasteiger partial charge is 0.264 e. The first kappa shape index (κ1) is 32.1. The highest BCUT2D eigenvalue weighted by atomic mass is 35.5. The normalized spacial score (nSPS) is 14.7. The molecule has 11 heteroatoms. The Kier molecular flexibility index (Phi) is 10.8. The molecule has 0 aromatic heterocycles. The van der Waals surface area contributed by atoms with Gasteiger partial charge in [0, 0.05) is 33.2 Å². The van der Waals surface area contributed by atoms with E-state index in [0.29, 0.717) is 20.6 Å². The van der Waals surface area contributed by atoms with Crippen LogP contribution in [-0.2, 0) is 26.2 Å². The van der Waals surface area contributed by atoms with Gasteiger partial charge in [0.05, 0.1) is 10.6 Å². The van der Waals surface area contributed by atoms with Gasteiger partial charge in [-0.2, -0.15) is 0 Å². The van der Waals surface area contributed by atoms with Crippen LogP contribution in [0.25, 0.3) is 0 Å². The Morgan fingerprint density at radius 1 is 0.929 bits per heavy atom. The van der Waals surface area contributed by atoms with Gasteiger partial charge in [-0.3, -0.25) is 13.9 Å². The number of nitrogens with zero attached hydrogens (tertiary/aromatic N) is 2. The second-order valence-electron chi connectivity index (χ2n) is 10.5. The van der Waals surface area contributed by atoms with Crippen LogP contribution in [0.4, 0.5) is 5.69 Å². The first-order chi connectivity index (χ1) is 20.0. The molecule has 1 saturated carbocycles. The lowest BCUT2D eigenvalue weighted by Crippen LogP contribution is -2.53. The van der Waals surface area contributed by atoms with Crippen LogP contribution in [-0.4, -0.2) is 43.8 Å². The molecule has 1 aliphatic rings. The van der Waals surface area contributed by atoms with Gasteiger partial charge in [-0.25, -0.2) is 8.42 Å². The zero-order valence-corrected chi connectivity index (χ0v) is 26.6. The fourth-order valence-electron chi connectivity index (χ4n) is 5.00. The molecule has 0 unspecified atom stereocenters. The number of hydrogen-bond donors (Lipinski definition) is 1. The highest BCUT2D eigenvalue weighted by Gasteiger charge is 2.34. The van der Waals surface area contributed by atoms with E-state index in [-0.39, 0.29) is 29.1 Å². The second kappa shape index (κ2) is 14.1. The number of halogens is 3. The highest BCUT2D eigenvalue weighted by Crippen LogP contribution is 2.29. The predicted octanol–water partition coefficient (Wildman–Crippen LogP) is 7.02. The maximum atomic E-state index is 14.1. The van der Waals surface area contributed by atoms with Crippen LogP contribution in [0.3, 0.4) is 0 Å². The number of carbonyl (C=O) groups excluding carboxylic acids is 2. The van der Waals surface area contributed by atoms with Gasteiger partial charge in [-0.15, -0.1) is 0 Å². The quantitative estimate of drug-likeness (QED) is 0.256. The molecule has 0 heterocycles. The lowest BCUT2D eigenvalue weighted by molar-refractivity contribution is -0.139. The fraction of sp³-hybridized carbons (Fsp3) is 0.355. The number of amides is 2. The summed E-state index contributed by atoms with van der Waals surface area (Å²) in [5.74, 6) is -0.929. The molecule has 7 nitrogen and oxygen atoms in total. The van der Waals surface area contributed by atoms with Crippen molar-refractivity contribution >= 4 is 62.3 Å². The maximum Gasteiger partial charge on any atom is 0.264 e. The number of carbonyl (C=O) groups is 2. The summed E-state index contributed by atoms with van der Waals surface area (Å²) in [5, 5.41) is 4.05. The number of aryl methyl sites for hydroxylation is 1. The molecule has 42 heavy (non-hydrogen) atoms. The topological polar surface area (TPSA) is 86.8 Å². The van der Waals surface area contributed by atoms with Gasteiger partial charge >= 0.3 is 0 Å². The highest BCUT2D eigenvalue weighted by molar-refractivity contribution is 7.92. The zero-order valence-electron chi connectivity index (χ0n) is 23.5. The van der Waals surface area contributed by atoms with Crippen molar-refractivity contribution in [2.45, 2.75) is 69.5 Å². The Hall–Kier alpha value is -2.78. The van der Waals surface area contributed by atoms with Crippen molar-refractivity contribution in [1.82, 2.24) is 10.2 Å². The number of sulfonamides is 1. The molecular weight excluding hydrogens is 617 g/mol. The molecule has 1 aliphatic carbocycles. The van der Waals surface area contributed by atoms with Gasteiger partial charge in [0.1, 0.15) is 12.6 Å². The third-order valence-electron chi connectivity index (χ3n) is 7.49. The minimum atomic E-state index is -4.20. The van der Waals surface area contributed by atoms with E-state index in [1.54, 1.807) is 55.5 Å². The Balaban J connectivity index is 1.71. The summed E-state index contributed by atoms with van der Waals surface area (Å²) >= 11 is 19.1. The number of benzene rings is 3. The summed E-state index contributed by atoms with van der Waals surface area (Å²) in [6, 6.07) is 16.7. The summed E-state index contributed by atoms with van der Waals surface area (Å²) in [4.78, 5) is 28.9. The van der Waals surface area contributed by atoms with E-state index in [2.05, 4.69) is 5.32 Å². The van der Waals surface area contributed by atoms with Crippen LogP contribution in [0.2, 0.25) is 15.1 Å².